The molecule has 1 amide bonds. The molecule has 3 unspecified atom stereocenters. The van der Waals surface area contributed by atoms with Crippen LogP contribution in [0.4, 0.5) is 4.39 Å². The lowest BCUT2D eigenvalue weighted by atomic mass is 10.0. The molecule has 1 aromatic carbocycles. The summed E-state index contributed by atoms with van der Waals surface area (Å²) in [5.74, 6) is 0.321. The number of amides is 1. The van der Waals surface area contributed by atoms with Gasteiger partial charge < -0.3 is 15.0 Å². The number of carbonyl (C=O) groups is 1. The van der Waals surface area contributed by atoms with Crippen LogP contribution >= 0.6 is 0 Å². The maximum Gasteiger partial charge on any atom is 0.224 e. The van der Waals surface area contributed by atoms with Gasteiger partial charge in [-0.1, -0.05) is 19.1 Å². The molecule has 2 aliphatic rings. The minimum Gasteiger partial charge on any atom is -0.378 e. The van der Waals surface area contributed by atoms with Crippen LogP contribution < -0.4 is 5.32 Å². The van der Waals surface area contributed by atoms with Gasteiger partial charge in [0.25, 0.3) is 0 Å². The van der Waals surface area contributed by atoms with Crippen molar-refractivity contribution >= 4 is 5.91 Å². The molecule has 1 N–H and O–H groups in total. The number of hydrogen-bond acceptors (Lipinski definition) is 3. The van der Waals surface area contributed by atoms with Crippen LogP contribution in [0.1, 0.15) is 31.4 Å². The Bertz CT molecular complexity index is 531. The zero-order valence-corrected chi connectivity index (χ0v) is 12.9. The summed E-state index contributed by atoms with van der Waals surface area (Å²) < 4.78 is 18.9. The lowest BCUT2D eigenvalue weighted by Gasteiger charge is -2.29. The lowest BCUT2D eigenvalue weighted by molar-refractivity contribution is -0.133. The number of ether oxygens (including phenoxy) is 1. The summed E-state index contributed by atoms with van der Waals surface area (Å²) in [7, 11) is 0. The summed E-state index contributed by atoms with van der Waals surface area (Å²) in [6.07, 6.45) is 1.34. The van der Waals surface area contributed by atoms with Gasteiger partial charge in [-0.3, -0.25) is 4.79 Å². The number of carbonyl (C=O) groups excluding carboxylic acids is 1. The van der Waals surface area contributed by atoms with Crippen LogP contribution in [0.15, 0.2) is 24.3 Å². The first-order valence-electron chi connectivity index (χ1n) is 7.99. The largest absolute Gasteiger partial charge is 0.378 e. The van der Waals surface area contributed by atoms with Crippen molar-refractivity contribution in [3.05, 3.63) is 35.6 Å². The maximum absolute atomic E-state index is 13.5. The highest BCUT2D eigenvalue weighted by molar-refractivity contribution is 5.77. The molecule has 3 rings (SSSR count). The van der Waals surface area contributed by atoms with E-state index < -0.39 is 0 Å². The predicted molar refractivity (Wildman–Crippen MR) is 81.9 cm³/mol. The van der Waals surface area contributed by atoms with E-state index in [4.69, 9.17) is 4.74 Å². The molecule has 0 aromatic heterocycles. The molecule has 120 valence electrons. The van der Waals surface area contributed by atoms with Crippen molar-refractivity contribution in [2.45, 2.75) is 31.8 Å². The molecule has 0 aliphatic carbocycles. The van der Waals surface area contributed by atoms with Gasteiger partial charge >= 0.3 is 0 Å². The quantitative estimate of drug-likeness (QED) is 0.930. The number of nitrogens with zero attached hydrogens (tertiary/aromatic N) is 1. The van der Waals surface area contributed by atoms with Crippen LogP contribution in [-0.4, -0.2) is 43.2 Å². The highest BCUT2D eigenvalue weighted by Gasteiger charge is 2.35. The fourth-order valence-electron chi connectivity index (χ4n) is 3.43. The first-order valence-corrected chi connectivity index (χ1v) is 7.99. The Morgan fingerprint density at radius 3 is 3.09 bits per heavy atom. The zero-order chi connectivity index (χ0) is 15.5. The normalized spacial score (nSPS) is 28.8. The van der Waals surface area contributed by atoms with Crippen molar-refractivity contribution in [3.63, 3.8) is 0 Å². The van der Waals surface area contributed by atoms with Crippen molar-refractivity contribution in [1.82, 2.24) is 10.2 Å². The molecule has 0 bridgehead atoms. The van der Waals surface area contributed by atoms with E-state index in [1.807, 2.05) is 11.0 Å². The van der Waals surface area contributed by atoms with Gasteiger partial charge in [-0.05, 0) is 30.0 Å². The molecule has 0 saturated carbocycles. The van der Waals surface area contributed by atoms with Gasteiger partial charge in [0, 0.05) is 25.6 Å². The fraction of sp³-hybridized carbons (Fsp3) is 0.588. The first kappa shape index (κ1) is 15.4. The molecule has 0 spiro atoms. The maximum atomic E-state index is 13.5. The van der Waals surface area contributed by atoms with Gasteiger partial charge in [-0.25, -0.2) is 4.39 Å². The third-order valence-corrected chi connectivity index (χ3v) is 4.48. The third kappa shape index (κ3) is 3.47. The molecule has 2 saturated heterocycles. The summed E-state index contributed by atoms with van der Waals surface area (Å²) >= 11 is 0. The molecule has 1 aromatic rings. The highest BCUT2D eigenvalue weighted by atomic mass is 19.1. The number of morpholine rings is 1. The van der Waals surface area contributed by atoms with Crippen molar-refractivity contribution < 1.29 is 13.9 Å². The number of benzene rings is 1. The van der Waals surface area contributed by atoms with E-state index >= 15 is 0 Å². The smallest absolute Gasteiger partial charge is 0.224 e. The summed E-state index contributed by atoms with van der Waals surface area (Å²) in [6, 6.07) is 6.69. The van der Waals surface area contributed by atoms with Gasteiger partial charge in [0.15, 0.2) is 0 Å². The van der Waals surface area contributed by atoms with Gasteiger partial charge in [0.05, 0.1) is 19.3 Å². The first-order chi connectivity index (χ1) is 10.6. The number of hydrogen-bond donors (Lipinski definition) is 1. The molecular formula is C17H23FN2O2. The molecule has 0 radical (unpaired) electrons. The van der Waals surface area contributed by atoms with E-state index in [1.54, 1.807) is 12.1 Å². The average Bonchev–Trinajstić information content (AvgIpc) is 2.90. The minimum atomic E-state index is -0.244. The molecule has 2 heterocycles. The SMILES string of the molecule is CC1CC(c2cccc(F)c2)N(C(=O)CC2COCCN2)C1. The minimum absolute atomic E-state index is 0.0114. The van der Waals surface area contributed by atoms with Crippen LogP contribution in [-0.2, 0) is 9.53 Å². The highest BCUT2D eigenvalue weighted by Crippen LogP contribution is 2.36. The Labute approximate surface area is 130 Å². The monoisotopic (exact) mass is 306 g/mol. The lowest BCUT2D eigenvalue weighted by Crippen LogP contribution is -2.45. The molecular weight excluding hydrogens is 283 g/mol. The van der Waals surface area contributed by atoms with E-state index in [-0.39, 0.29) is 23.8 Å². The van der Waals surface area contributed by atoms with Crippen LogP contribution in [0.2, 0.25) is 0 Å². The van der Waals surface area contributed by atoms with E-state index in [9.17, 15) is 9.18 Å². The van der Waals surface area contributed by atoms with Crippen molar-refractivity contribution in [2.75, 3.05) is 26.3 Å². The molecule has 5 heteroatoms. The average molecular weight is 306 g/mol. The number of halogens is 1. The molecule has 4 nitrogen and oxygen atoms in total. The fourth-order valence-corrected chi connectivity index (χ4v) is 3.43. The van der Waals surface area contributed by atoms with E-state index in [2.05, 4.69) is 12.2 Å². The Kier molecular flexibility index (Phi) is 4.74. The number of nitrogens with one attached hydrogen (secondary N) is 1. The molecule has 2 aliphatic heterocycles. The summed E-state index contributed by atoms with van der Waals surface area (Å²) in [6.45, 7) is 4.97. The zero-order valence-electron chi connectivity index (χ0n) is 12.9. The Morgan fingerprint density at radius 1 is 1.50 bits per heavy atom. The second kappa shape index (κ2) is 6.75. The van der Waals surface area contributed by atoms with Gasteiger partial charge in [0.1, 0.15) is 5.82 Å². The Hall–Kier alpha value is -1.46. The molecule has 3 atom stereocenters. The van der Waals surface area contributed by atoms with Crippen molar-refractivity contribution in [3.8, 4) is 0 Å². The van der Waals surface area contributed by atoms with Crippen LogP contribution in [0.3, 0.4) is 0 Å². The van der Waals surface area contributed by atoms with E-state index in [0.29, 0.717) is 25.6 Å². The van der Waals surface area contributed by atoms with Crippen LogP contribution in [0.25, 0.3) is 0 Å². The predicted octanol–water partition coefficient (Wildman–Crippen LogP) is 2.11. The Balaban J connectivity index is 1.71. The second-order valence-electron chi connectivity index (χ2n) is 6.39. The third-order valence-electron chi connectivity index (χ3n) is 4.48. The Morgan fingerprint density at radius 2 is 2.36 bits per heavy atom. The number of likely N-dealkylation sites (tertiary alicyclic amines) is 1. The summed E-state index contributed by atoms with van der Waals surface area (Å²) in [4.78, 5) is 14.6. The topological polar surface area (TPSA) is 41.6 Å². The van der Waals surface area contributed by atoms with Gasteiger partial charge in [-0.15, -0.1) is 0 Å². The van der Waals surface area contributed by atoms with Crippen molar-refractivity contribution in [1.29, 1.82) is 0 Å². The second-order valence-corrected chi connectivity index (χ2v) is 6.39. The summed E-state index contributed by atoms with van der Waals surface area (Å²) in [5, 5.41) is 3.32. The number of rotatable bonds is 3. The van der Waals surface area contributed by atoms with Gasteiger partial charge in [-0.2, -0.15) is 0 Å². The van der Waals surface area contributed by atoms with E-state index in [1.165, 1.54) is 6.07 Å². The molecule has 22 heavy (non-hydrogen) atoms. The molecule has 2 fully saturated rings. The van der Waals surface area contributed by atoms with Gasteiger partial charge in [0.2, 0.25) is 5.91 Å². The summed E-state index contributed by atoms with van der Waals surface area (Å²) in [5.41, 5.74) is 0.894. The standard InChI is InChI=1S/C17H23FN2O2/c1-12-7-16(13-3-2-4-14(18)8-13)20(10-12)17(21)9-15-11-22-6-5-19-15/h2-4,8,12,15-16,19H,5-7,9-11H2,1H3. The van der Waals surface area contributed by atoms with Crippen LogP contribution in [0.5, 0.6) is 0 Å². The van der Waals surface area contributed by atoms with Crippen LogP contribution in [0, 0.1) is 11.7 Å². The van der Waals surface area contributed by atoms with E-state index in [0.717, 1.165) is 25.1 Å². The van der Waals surface area contributed by atoms with Crippen molar-refractivity contribution in [2.24, 2.45) is 5.92 Å².